The van der Waals surface area contributed by atoms with E-state index >= 15 is 0 Å². The molecule has 3 rings (SSSR count). The zero-order valence-electron chi connectivity index (χ0n) is 11.2. The van der Waals surface area contributed by atoms with Crippen LogP contribution in [0.4, 0.5) is 0 Å². The fourth-order valence-corrected chi connectivity index (χ4v) is 3.86. The van der Waals surface area contributed by atoms with Crippen LogP contribution < -0.4 is 0 Å². The Morgan fingerprint density at radius 3 is 3.00 bits per heavy atom. The molecule has 0 amide bonds. The molecule has 1 aromatic heterocycles. The summed E-state index contributed by atoms with van der Waals surface area (Å²) in [4.78, 5) is 2.48. The molecule has 20 heavy (non-hydrogen) atoms. The molecule has 4 heteroatoms. The molecule has 0 N–H and O–H groups in total. The molecule has 1 fully saturated rings. The normalized spacial score (nSPS) is 24.1. The van der Waals surface area contributed by atoms with Gasteiger partial charge < -0.3 is 0 Å². The van der Waals surface area contributed by atoms with Gasteiger partial charge in [0.1, 0.15) is 0 Å². The van der Waals surface area contributed by atoms with E-state index in [1.54, 1.807) is 11.3 Å². The molecule has 0 radical (unpaired) electrons. The summed E-state index contributed by atoms with van der Waals surface area (Å²) in [7, 11) is 0. The predicted octanol–water partition coefficient (Wildman–Crippen LogP) is 5.11. The molecule has 1 nitrogen and oxygen atoms in total. The highest BCUT2D eigenvalue weighted by atomic mass is 35.5. The third-order valence-electron chi connectivity index (χ3n) is 3.93. The number of rotatable bonds is 3. The van der Waals surface area contributed by atoms with Gasteiger partial charge in [0.15, 0.2) is 0 Å². The summed E-state index contributed by atoms with van der Waals surface area (Å²) in [6, 6.07) is 2.25. The highest BCUT2D eigenvalue weighted by Gasteiger charge is 2.25. The standard InChI is InChI=1S/C16H17Cl2NS/c17-15-2-1-13(16(18)4-3-15)10-19-7-5-12(9-19)14-6-8-20-11-14/h1-2,4,6,8,11-12H,3,5,7,9-10H2/t12-/m1/s1. The average molecular weight is 326 g/mol. The smallest absolute Gasteiger partial charge is 0.0414 e. The third-order valence-corrected chi connectivity index (χ3v) is 5.31. The Labute approximate surface area is 134 Å². The van der Waals surface area contributed by atoms with Gasteiger partial charge in [-0.15, -0.1) is 0 Å². The van der Waals surface area contributed by atoms with Crippen molar-refractivity contribution >= 4 is 34.5 Å². The molecule has 2 aliphatic rings. The van der Waals surface area contributed by atoms with Crippen LogP contribution in [-0.4, -0.2) is 24.5 Å². The maximum atomic E-state index is 6.34. The second kappa shape index (κ2) is 6.48. The number of allylic oxidation sites excluding steroid dienone is 4. The third kappa shape index (κ3) is 3.37. The molecule has 1 aliphatic heterocycles. The molecule has 1 saturated heterocycles. The van der Waals surface area contributed by atoms with Crippen molar-refractivity contribution in [2.75, 3.05) is 19.6 Å². The van der Waals surface area contributed by atoms with E-state index in [0.29, 0.717) is 5.92 Å². The highest BCUT2D eigenvalue weighted by molar-refractivity contribution is 7.08. The summed E-state index contributed by atoms with van der Waals surface area (Å²) in [5.74, 6) is 0.675. The van der Waals surface area contributed by atoms with Gasteiger partial charge >= 0.3 is 0 Å². The number of halogens is 2. The largest absolute Gasteiger partial charge is 0.298 e. The Morgan fingerprint density at radius 2 is 2.20 bits per heavy atom. The van der Waals surface area contributed by atoms with E-state index in [1.807, 2.05) is 12.2 Å². The lowest BCUT2D eigenvalue weighted by molar-refractivity contribution is 0.366. The summed E-state index contributed by atoms with van der Waals surface area (Å²) in [6.45, 7) is 3.17. The molecule has 0 unspecified atom stereocenters. The molecular weight excluding hydrogens is 309 g/mol. The lowest BCUT2D eigenvalue weighted by atomic mass is 10.0. The van der Waals surface area contributed by atoms with Gasteiger partial charge in [-0.25, -0.2) is 0 Å². The topological polar surface area (TPSA) is 3.24 Å². The van der Waals surface area contributed by atoms with Gasteiger partial charge in [0.25, 0.3) is 0 Å². The van der Waals surface area contributed by atoms with Gasteiger partial charge in [-0.1, -0.05) is 35.4 Å². The second-order valence-corrected chi connectivity index (χ2v) is 7.01. The van der Waals surface area contributed by atoms with E-state index in [9.17, 15) is 0 Å². The van der Waals surface area contributed by atoms with E-state index in [0.717, 1.165) is 36.1 Å². The summed E-state index contributed by atoms with van der Waals surface area (Å²) in [5.41, 5.74) is 2.66. The van der Waals surface area contributed by atoms with Gasteiger partial charge in [0.2, 0.25) is 0 Å². The van der Waals surface area contributed by atoms with Crippen molar-refractivity contribution in [1.29, 1.82) is 0 Å². The Bertz CT molecular complexity index is 557. The fraction of sp³-hybridized carbons (Fsp3) is 0.375. The van der Waals surface area contributed by atoms with E-state index < -0.39 is 0 Å². The Hall–Kier alpha value is -0.540. The predicted molar refractivity (Wildman–Crippen MR) is 88.7 cm³/mol. The van der Waals surface area contributed by atoms with Crippen molar-refractivity contribution in [3.05, 3.63) is 56.3 Å². The van der Waals surface area contributed by atoms with Crippen molar-refractivity contribution < 1.29 is 0 Å². The minimum atomic E-state index is 0.675. The summed E-state index contributed by atoms with van der Waals surface area (Å²) in [6.07, 6.45) is 8.01. The Morgan fingerprint density at radius 1 is 1.30 bits per heavy atom. The van der Waals surface area contributed by atoms with E-state index in [2.05, 4.69) is 27.8 Å². The van der Waals surface area contributed by atoms with Crippen LogP contribution in [0.15, 0.2) is 50.7 Å². The zero-order valence-corrected chi connectivity index (χ0v) is 13.5. The SMILES string of the molecule is ClC1=CC=C(CN2CC[C@@H](c3ccsc3)C2)C(Cl)=CC1. The van der Waals surface area contributed by atoms with E-state index in [4.69, 9.17) is 23.2 Å². The molecular formula is C16H17Cl2NS. The zero-order chi connectivity index (χ0) is 13.9. The van der Waals surface area contributed by atoms with E-state index in [1.165, 1.54) is 17.6 Å². The molecule has 0 bridgehead atoms. The van der Waals surface area contributed by atoms with Crippen molar-refractivity contribution in [3.8, 4) is 0 Å². The molecule has 0 spiro atoms. The first-order valence-electron chi connectivity index (χ1n) is 6.88. The molecule has 106 valence electrons. The lowest BCUT2D eigenvalue weighted by Gasteiger charge is -2.17. The van der Waals surface area contributed by atoms with E-state index in [-0.39, 0.29) is 0 Å². The van der Waals surface area contributed by atoms with Crippen LogP contribution in [-0.2, 0) is 0 Å². The van der Waals surface area contributed by atoms with Gasteiger partial charge in [0.05, 0.1) is 0 Å². The van der Waals surface area contributed by atoms with Gasteiger partial charge in [0, 0.05) is 29.6 Å². The van der Waals surface area contributed by atoms with Gasteiger partial charge in [-0.2, -0.15) is 11.3 Å². The molecule has 0 saturated carbocycles. The van der Waals surface area contributed by atoms with Crippen LogP contribution in [0.3, 0.4) is 0 Å². The Kier molecular flexibility index (Phi) is 4.67. The van der Waals surface area contributed by atoms with Crippen molar-refractivity contribution in [2.24, 2.45) is 0 Å². The van der Waals surface area contributed by atoms with Crippen LogP contribution >= 0.6 is 34.5 Å². The maximum Gasteiger partial charge on any atom is 0.0414 e. The number of hydrogen-bond donors (Lipinski definition) is 0. The summed E-state index contributed by atoms with van der Waals surface area (Å²) < 4.78 is 0. The number of hydrogen-bond acceptors (Lipinski definition) is 2. The Balaban J connectivity index is 1.64. The first-order chi connectivity index (χ1) is 9.72. The molecule has 0 aromatic carbocycles. The number of likely N-dealkylation sites (tertiary alicyclic amines) is 1. The first kappa shape index (κ1) is 14.4. The number of thiophene rings is 1. The van der Waals surface area contributed by atoms with Crippen LogP contribution in [0, 0.1) is 0 Å². The monoisotopic (exact) mass is 325 g/mol. The van der Waals surface area contributed by atoms with Crippen molar-refractivity contribution in [3.63, 3.8) is 0 Å². The number of nitrogens with zero attached hydrogens (tertiary/aromatic N) is 1. The minimum absolute atomic E-state index is 0.675. The van der Waals surface area contributed by atoms with Crippen LogP contribution in [0.5, 0.6) is 0 Å². The van der Waals surface area contributed by atoms with Crippen molar-refractivity contribution in [2.45, 2.75) is 18.8 Å². The quantitative estimate of drug-likeness (QED) is 0.746. The summed E-state index contributed by atoms with van der Waals surface area (Å²) in [5, 5.41) is 6.12. The fourth-order valence-electron chi connectivity index (χ4n) is 2.78. The average Bonchev–Trinajstić information content (AvgIpc) is 3.08. The molecule has 1 aliphatic carbocycles. The molecule has 1 aromatic rings. The lowest BCUT2D eigenvalue weighted by Crippen LogP contribution is -2.23. The first-order valence-corrected chi connectivity index (χ1v) is 8.58. The van der Waals surface area contributed by atoms with Gasteiger partial charge in [-0.05, 0) is 52.9 Å². The highest BCUT2D eigenvalue weighted by Crippen LogP contribution is 2.31. The summed E-state index contributed by atoms with van der Waals surface area (Å²) >= 11 is 14.2. The van der Waals surface area contributed by atoms with Crippen LogP contribution in [0.1, 0.15) is 24.3 Å². The second-order valence-electron chi connectivity index (χ2n) is 5.34. The van der Waals surface area contributed by atoms with Crippen LogP contribution in [0.25, 0.3) is 0 Å². The van der Waals surface area contributed by atoms with Crippen molar-refractivity contribution in [1.82, 2.24) is 4.90 Å². The molecule has 1 atom stereocenters. The maximum absolute atomic E-state index is 6.34. The van der Waals surface area contributed by atoms with Crippen LogP contribution in [0.2, 0.25) is 0 Å². The molecule has 2 heterocycles. The minimum Gasteiger partial charge on any atom is -0.298 e. The van der Waals surface area contributed by atoms with Gasteiger partial charge in [-0.3, -0.25) is 4.90 Å².